The van der Waals surface area contributed by atoms with Gasteiger partial charge < -0.3 is 45.2 Å². The Morgan fingerprint density at radius 2 is 1.55 bits per heavy atom. The molecule has 5 rings (SSSR count). The van der Waals surface area contributed by atoms with Crippen molar-refractivity contribution in [3.8, 4) is 0 Å². The molecule has 8 N–H and O–H groups in total. The van der Waals surface area contributed by atoms with Gasteiger partial charge in [0, 0.05) is 6.42 Å². The number of nitrogens with zero attached hydrogens (tertiary/aromatic N) is 5. The monoisotopic (exact) mass is 748 g/mol. The van der Waals surface area contributed by atoms with Gasteiger partial charge in [-0.2, -0.15) is 13.7 Å². The van der Waals surface area contributed by atoms with Gasteiger partial charge >= 0.3 is 23.5 Å². The van der Waals surface area contributed by atoms with Crippen molar-refractivity contribution in [3.63, 3.8) is 0 Å². The summed E-state index contributed by atoms with van der Waals surface area (Å²) >= 11 is 0. The molecule has 0 bridgehead atoms. The Labute approximate surface area is 280 Å². The minimum absolute atomic E-state index is 0.0960. The van der Waals surface area contributed by atoms with Crippen molar-refractivity contribution < 1.29 is 61.4 Å². The first kappa shape index (κ1) is 39.1. The molecule has 2 aromatic heterocycles. The van der Waals surface area contributed by atoms with E-state index in [-0.39, 0.29) is 17.9 Å². The summed E-state index contributed by atoms with van der Waals surface area (Å²) < 4.78 is 53.1. The molecule has 19 nitrogen and oxygen atoms in total. The lowest BCUT2D eigenvalue weighted by atomic mass is 10.0. The third kappa shape index (κ3) is 9.97. The number of fused-ring (bicyclic) bond motifs is 2. The zero-order chi connectivity index (χ0) is 36.1. The van der Waals surface area contributed by atoms with Crippen LogP contribution >= 0.6 is 23.5 Å². The van der Waals surface area contributed by atoms with Crippen molar-refractivity contribution in [1.82, 2.24) is 24.6 Å². The number of anilines is 1. The van der Waals surface area contributed by atoms with E-state index in [0.717, 1.165) is 16.3 Å². The Hall–Kier alpha value is -2.70. The fourth-order valence-corrected chi connectivity index (χ4v) is 8.24. The van der Waals surface area contributed by atoms with Crippen molar-refractivity contribution >= 4 is 51.1 Å². The number of benzene rings is 2. The normalized spacial score (nSPS) is 22.2. The molecular weight excluding hydrogens is 709 g/mol. The molecule has 49 heavy (non-hydrogen) atoms. The molecule has 0 saturated carbocycles. The predicted octanol–water partition coefficient (Wildman–Crippen LogP) is 2.46. The third-order valence-electron chi connectivity index (χ3n) is 7.57. The Bertz CT molecular complexity index is 1880. The Morgan fingerprint density at radius 1 is 0.898 bits per heavy atom. The summed E-state index contributed by atoms with van der Waals surface area (Å²) in [6.07, 6.45) is -4.89. The summed E-state index contributed by atoms with van der Waals surface area (Å²) in [5.41, 5.74) is 7.65. The van der Waals surface area contributed by atoms with Gasteiger partial charge in [-0.25, -0.2) is 28.3 Å². The lowest BCUT2D eigenvalue weighted by Crippen LogP contribution is -2.33. The van der Waals surface area contributed by atoms with Crippen LogP contribution in [0.3, 0.4) is 0 Å². The molecule has 0 radical (unpaired) electrons. The SMILES string of the molecule is CCN(CC)CC.Nc1ncnc2c1c(Cc1cccc3ccccc13)nn2[C@@H]1O[C@H](COP(=O)(O)OP(=O)(O)OP(=O)(O)O)[C@@H](O)[C@H]1O. The van der Waals surface area contributed by atoms with Gasteiger partial charge in [-0.15, -0.1) is 0 Å². The first-order chi connectivity index (χ1) is 23.0. The number of aliphatic hydroxyl groups is 2. The lowest BCUT2D eigenvalue weighted by Gasteiger charge is -2.19. The average molecular weight is 749 g/mol. The molecule has 1 aliphatic rings. The predicted molar refractivity (Wildman–Crippen MR) is 176 cm³/mol. The van der Waals surface area contributed by atoms with Crippen LogP contribution in [0.5, 0.6) is 0 Å². The van der Waals surface area contributed by atoms with Gasteiger partial charge in [-0.3, -0.25) is 4.52 Å². The van der Waals surface area contributed by atoms with E-state index in [1.165, 1.54) is 30.6 Å². The van der Waals surface area contributed by atoms with E-state index in [4.69, 9.17) is 20.3 Å². The molecular formula is C27H39N6O13P3. The Morgan fingerprint density at radius 3 is 2.18 bits per heavy atom. The first-order valence-corrected chi connectivity index (χ1v) is 19.5. The fourth-order valence-electron chi connectivity index (χ4n) is 5.21. The third-order valence-corrected chi connectivity index (χ3v) is 11.4. The number of nitrogens with two attached hydrogens (primary N) is 1. The van der Waals surface area contributed by atoms with Crippen molar-refractivity contribution in [3.05, 3.63) is 60.0 Å². The maximum Gasteiger partial charge on any atom is 0.490 e. The summed E-state index contributed by atoms with van der Waals surface area (Å²) in [7, 11) is -16.8. The van der Waals surface area contributed by atoms with Gasteiger partial charge in [0.1, 0.15) is 30.5 Å². The molecule has 1 aliphatic heterocycles. The number of phosphoric acid groups is 3. The molecule has 1 fully saturated rings. The van der Waals surface area contributed by atoms with Crippen LogP contribution in [0.25, 0.3) is 21.8 Å². The largest absolute Gasteiger partial charge is 0.490 e. The summed E-state index contributed by atoms with van der Waals surface area (Å²) in [6, 6.07) is 13.5. The lowest BCUT2D eigenvalue weighted by molar-refractivity contribution is -0.0559. The molecule has 22 heteroatoms. The second-order valence-electron chi connectivity index (χ2n) is 10.7. The van der Waals surface area contributed by atoms with E-state index < -0.39 is 54.6 Å². The molecule has 270 valence electrons. The van der Waals surface area contributed by atoms with Gasteiger partial charge in [0.05, 0.1) is 17.7 Å². The zero-order valence-corrected chi connectivity index (χ0v) is 29.3. The molecule has 3 heterocycles. The van der Waals surface area contributed by atoms with E-state index in [1.54, 1.807) is 0 Å². The number of aromatic nitrogens is 4. The van der Waals surface area contributed by atoms with E-state index in [1.807, 2.05) is 42.5 Å². The van der Waals surface area contributed by atoms with Crippen LogP contribution in [-0.4, -0.2) is 99.0 Å². The highest BCUT2D eigenvalue weighted by Crippen LogP contribution is 2.66. The zero-order valence-electron chi connectivity index (χ0n) is 26.7. The van der Waals surface area contributed by atoms with Crippen LogP contribution in [0.2, 0.25) is 0 Å². The van der Waals surface area contributed by atoms with Crippen LogP contribution in [-0.2, 0) is 38.0 Å². The van der Waals surface area contributed by atoms with Crippen LogP contribution in [0, 0.1) is 0 Å². The van der Waals surface area contributed by atoms with E-state index in [0.29, 0.717) is 11.1 Å². The van der Waals surface area contributed by atoms with Crippen molar-refractivity contribution in [2.24, 2.45) is 0 Å². The molecule has 0 spiro atoms. The van der Waals surface area contributed by atoms with Gasteiger partial charge in [0.2, 0.25) is 0 Å². The van der Waals surface area contributed by atoms with Crippen LogP contribution in [0.4, 0.5) is 5.82 Å². The number of hydrogen-bond donors (Lipinski definition) is 7. The number of ether oxygens (including phenoxy) is 1. The van der Waals surface area contributed by atoms with Crippen molar-refractivity contribution in [2.75, 3.05) is 32.0 Å². The minimum atomic E-state index is -5.75. The summed E-state index contributed by atoms with van der Waals surface area (Å²) in [6.45, 7) is 9.14. The number of phosphoric ester groups is 1. The summed E-state index contributed by atoms with van der Waals surface area (Å²) in [5.74, 6) is 0.0960. The maximum absolute atomic E-state index is 12.1. The topological polar surface area (TPSA) is 282 Å². The molecule has 2 aromatic carbocycles. The van der Waals surface area contributed by atoms with E-state index >= 15 is 0 Å². The van der Waals surface area contributed by atoms with Gasteiger partial charge in [-0.1, -0.05) is 63.2 Å². The van der Waals surface area contributed by atoms with Gasteiger partial charge in [0.25, 0.3) is 0 Å². The van der Waals surface area contributed by atoms with Crippen molar-refractivity contribution in [1.29, 1.82) is 0 Å². The average Bonchev–Trinajstić information content (AvgIpc) is 3.52. The summed E-state index contributed by atoms with van der Waals surface area (Å²) in [4.78, 5) is 46.9. The standard InChI is InChI=1S/C21H24N5O13P3.C6H15N/c22-19-16-14(8-12-6-3-5-11-4-1-2-7-13(11)12)25-26(20(16)24-10-23-19)21-18(28)17(27)15(37-21)9-36-41(32,33)39-42(34,35)38-40(29,30)31;1-4-7(5-2)6-3/h1-7,10,15,17-18,21,27-28H,8-9H2,(H,32,33)(H,34,35)(H2,22,23,24)(H2,29,30,31);4-6H2,1-3H3/t15-,17-,18-,21-;/m1./s1. The maximum atomic E-state index is 12.1. The van der Waals surface area contributed by atoms with Crippen molar-refractivity contribution in [2.45, 2.75) is 51.7 Å². The smallest absolute Gasteiger partial charge is 0.387 e. The van der Waals surface area contributed by atoms with Crippen LogP contribution in [0.1, 0.15) is 38.3 Å². The highest BCUT2D eigenvalue weighted by Gasteiger charge is 2.47. The summed E-state index contributed by atoms with van der Waals surface area (Å²) in [5, 5.41) is 28.2. The molecule has 2 unspecified atom stereocenters. The second-order valence-corrected chi connectivity index (χ2v) is 15.1. The highest BCUT2D eigenvalue weighted by molar-refractivity contribution is 7.66. The van der Waals surface area contributed by atoms with E-state index in [9.17, 15) is 33.7 Å². The highest BCUT2D eigenvalue weighted by atomic mass is 31.3. The van der Waals surface area contributed by atoms with Crippen LogP contribution < -0.4 is 5.73 Å². The number of rotatable bonds is 13. The van der Waals surface area contributed by atoms with Gasteiger partial charge in [-0.05, 0) is 36.0 Å². The molecule has 1 saturated heterocycles. The minimum Gasteiger partial charge on any atom is -0.387 e. The molecule has 6 atom stereocenters. The Balaban J connectivity index is 0.000000698. The molecule has 0 aliphatic carbocycles. The van der Waals surface area contributed by atoms with E-state index in [2.05, 4.69) is 53.9 Å². The number of nitrogen functional groups attached to an aromatic ring is 1. The Kier molecular flexibility index (Phi) is 12.8. The number of aliphatic hydroxyl groups excluding tert-OH is 2. The molecule has 0 amide bonds. The molecule has 4 aromatic rings. The quantitative estimate of drug-likeness (QED) is 0.0967. The van der Waals surface area contributed by atoms with Crippen LogP contribution in [0.15, 0.2) is 48.8 Å². The van der Waals surface area contributed by atoms with Gasteiger partial charge in [0.15, 0.2) is 11.9 Å². The number of hydrogen-bond acceptors (Lipinski definition) is 14. The fraction of sp³-hybridized carbons (Fsp3) is 0.444. The second kappa shape index (κ2) is 16.1. The first-order valence-electron chi connectivity index (χ1n) is 15.0.